The van der Waals surface area contributed by atoms with E-state index in [1.54, 1.807) is 4.31 Å². The van der Waals surface area contributed by atoms with Gasteiger partial charge in [-0.15, -0.1) is 0 Å². The fourth-order valence-corrected chi connectivity index (χ4v) is 4.38. The summed E-state index contributed by atoms with van der Waals surface area (Å²) in [5.41, 5.74) is 0. The Labute approximate surface area is 131 Å². The van der Waals surface area contributed by atoms with Crippen LogP contribution in [0, 0.1) is 5.92 Å². The largest absolute Gasteiger partial charge is 0.315 e. The number of nitrogens with zero attached hydrogens (tertiary/aromatic N) is 1. The summed E-state index contributed by atoms with van der Waals surface area (Å²) < 4.78 is 29.6. The van der Waals surface area contributed by atoms with Gasteiger partial charge in [0.15, 0.2) is 0 Å². The molecule has 1 aliphatic heterocycles. The molecule has 1 unspecified atom stereocenters. The van der Waals surface area contributed by atoms with Crippen LogP contribution in [0.25, 0.3) is 0 Å². The summed E-state index contributed by atoms with van der Waals surface area (Å²) in [6, 6.07) is 0.101. The summed E-state index contributed by atoms with van der Waals surface area (Å²) >= 11 is 0. The molecule has 21 heavy (non-hydrogen) atoms. The number of hydrogen-bond acceptors (Lipinski definition) is 3. The molecule has 0 saturated carbocycles. The van der Waals surface area contributed by atoms with Crippen molar-refractivity contribution >= 4 is 10.2 Å². The Morgan fingerprint density at radius 1 is 1.19 bits per heavy atom. The third-order valence-corrected chi connectivity index (χ3v) is 6.03. The monoisotopic (exact) mass is 319 g/mol. The lowest BCUT2D eigenvalue weighted by molar-refractivity contribution is 0.242. The molecule has 0 spiro atoms. The minimum absolute atomic E-state index is 0.101. The van der Waals surface area contributed by atoms with Gasteiger partial charge in [0.25, 0.3) is 10.2 Å². The Bertz CT molecular complexity index is 369. The number of nitrogens with one attached hydrogen (secondary N) is 2. The molecule has 1 atom stereocenters. The third kappa shape index (κ3) is 6.22. The first kappa shape index (κ1) is 18.9. The molecule has 0 aromatic heterocycles. The van der Waals surface area contributed by atoms with Gasteiger partial charge in [-0.1, -0.05) is 40.0 Å². The van der Waals surface area contributed by atoms with Gasteiger partial charge in [0.1, 0.15) is 0 Å². The highest BCUT2D eigenvalue weighted by atomic mass is 32.2. The van der Waals surface area contributed by atoms with Gasteiger partial charge in [-0.3, -0.25) is 0 Å². The zero-order chi connectivity index (χ0) is 15.7. The highest BCUT2D eigenvalue weighted by Crippen LogP contribution is 2.19. The first-order chi connectivity index (χ1) is 10.0. The zero-order valence-electron chi connectivity index (χ0n) is 13.9. The van der Waals surface area contributed by atoms with E-state index >= 15 is 0 Å². The summed E-state index contributed by atoms with van der Waals surface area (Å²) in [7, 11) is -3.34. The van der Waals surface area contributed by atoms with E-state index in [-0.39, 0.29) is 6.04 Å². The van der Waals surface area contributed by atoms with Crippen molar-refractivity contribution in [2.24, 2.45) is 5.92 Å². The molecule has 1 fully saturated rings. The molecule has 1 aliphatic rings. The van der Waals surface area contributed by atoms with E-state index in [9.17, 15) is 8.42 Å². The highest BCUT2D eigenvalue weighted by molar-refractivity contribution is 7.87. The van der Waals surface area contributed by atoms with Gasteiger partial charge in [0.05, 0.1) is 0 Å². The summed E-state index contributed by atoms with van der Waals surface area (Å²) in [5.74, 6) is 0.432. The van der Waals surface area contributed by atoms with E-state index < -0.39 is 10.2 Å². The predicted octanol–water partition coefficient (Wildman–Crippen LogP) is 2.11. The standard InChI is InChI=1S/C15H33N3O2S/c1-4-10-16-13-15-9-7-8-11-18(15)21(19,20)17-12-14(5-2)6-3/h14-17H,4-13H2,1-3H3. The second kappa shape index (κ2) is 9.77. The van der Waals surface area contributed by atoms with E-state index in [1.807, 2.05) is 0 Å². The van der Waals surface area contributed by atoms with Crippen molar-refractivity contribution in [2.45, 2.75) is 65.3 Å². The van der Waals surface area contributed by atoms with Gasteiger partial charge >= 0.3 is 0 Å². The molecule has 5 nitrogen and oxygen atoms in total. The van der Waals surface area contributed by atoms with Gasteiger partial charge in [-0.05, 0) is 31.7 Å². The number of piperidine rings is 1. The van der Waals surface area contributed by atoms with Gasteiger partial charge in [0, 0.05) is 25.7 Å². The Balaban J connectivity index is 2.59. The van der Waals surface area contributed by atoms with Crippen molar-refractivity contribution in [1.29, 1.82) is 0 Å². The van der Waals surface area contributed by atoms with Crippen LogP contribution in [-0.2, 0) is 10.2 Å². The minimum atomic E-state index is -3.34. The Morgan fingerprint density at radius 2 is 1.90 bits per heavy atom. The molecular weight excluding hydrogens is 286 g/mol. The molecule has 0 bridgehead atoms. The van der Waals surface area contributed by atoms with Gasteiger partial charge < -0.3 is 5.32 Å². The average Bonchev–Trinajstić information content (AvgIpc) is 2.49. The summed E-state index contributed by atoms with van der Waals surface area (Å²) in [6.45, 7) is 9.27. The number of rotatable bonds is 10. The predicted molar refractivity (Wildman–Crippen MR) is 88.5 cm³/mol. The molecule has 1 rings (SSSR count). The zero-order valence-corrected chi connectivity index (χ0v) is 14.7. The molecule has 2 N–H and O–H groups in total. The average molecular weight is 320 g/mol. The first-order valence-corrected chi connectivity index (χ1v) is 9.96. The molecule has 1 heterocycles. The lowest BCUT2D eigenvalue weighted by atomic mass is 10.0. The molecule has 0 aromatic rings. The van der Waals surface area contributed by atoms with Crippen molar-refractivity contribution in [2.75, 3.05) is 26.2 Å². The fraction of sp³-hybridized carbons (Fsp3) is 1.00. The van der Waals surface area contributed by atoms with E-state index in [1.165, 1.54) is 0 Å². The summed E-state index contributed by atoms with van der Waals surface area (Å²) in [5, 5.41) is 3.36. The second-order valence-electron chi connectivity index (χ2n) is 6.00. The summed E-state index contributed by atoms with van der Waals surface area (Å²) in [6.07, 6.45) is 6.16. The van der Waals surface area contributed by atoms with Crippen molar-refractivity contribution in [3.63, 3.8) is 0 Å². The molecule has 0 aromatic carbocycles. The van der Waals surface area contributed by atoms with Gasteiger partial charge in [0.2, 0.25) is 0 Å². The molecular formula is C15H33N3O2S. The van der Waals surface area contributed by atoms with Crippen LogP contribution >= 0.6 is 0 Å². The van der Waals surface area contributed by atoms with Crippen LogP contribution in [-0.4, -0.2) is 44.9 Å². The van der Waals surface area contributed by atoms with E-state index in [2.05, 4.69) is 30.8 Å². The quantitative estimate of drug-likeness (QED) is 0.606. The topological polar surface area (TPSA) is 61.4 Å². The first-order valence-electron chi connectivity index (χ1n) is 8.52. The third-order valence-electron chi connectivity index (χ3n) is 4.40. The second-order valence-corrected chi connectivity index (χ2v) is 7.71. The van der Waals surface area contributed by atoms with E-state index in [0.29, 0.717) is 19.0 Å². The summed E-state index contributed by atoms with van der Waals surface area (Å²) in [4.78, 5) is 0. The van der Waals surface area contributed by atoms with Gasteiger partial charge in [-0.25, -0.2) is 4.72 Å². The van der Waals surface area contributed by atoms with Crippen LogP contribution < -0.4 is 10.0 Å². The van der Waals surface area contributed by atoms with Crippen LogP contribution in [0.15, 0.2) is 0 Å². The maximum Gasteiger partial charge on any atom is 0.279 e. The maximum atomic E-state index is 12.6. The smallest absolute Gasteiger partial charge is 0.279 e. The van der Waals surface area contributed by atoms with Crippen LogP contribution in [0.5, 0.6) is 0 Å². The molecule has 126 valence electrons. The van der Waals surface area contributed by atoms with Crippen LogP contribution in [0.3, 0.4) is 0 Å². The molecule has 0 aliphatic carbocycles. The Kier molecular flexibility index (Phi) is 8.78. The lowest BCUT2D eigenvalue weighted by Gasteiger charge is -2.35. The van der Waals surface area contributed by atoms with E-state index in [0.717, 1.165) is 51.6 Å². The molecule has 0 amide bonds. The SMILES string of the molecule is CCCNCC1CCCCN1S(=O)(=O)NCC(CC)CC. The Morgan fingerprint density at radius 3 is 2.52 bits per heavy atom. The molecule has 1 saturated heterocycles. The molecule has 6 heteroatoms. The van der Waals surface area contributed by atoms with E-state index in [4.69, 9.17) is 0 Å². The van der Waals surface area contributed by atoms with Crippen LogP contribution in [0.1, 0.15) is 59.3 Å². The number of hydrogen-bond donors (Lipinski definition) is 2. The highest BCUT2D eigenvalue weighted by Gasteiger charge is 2.31. The maximum absolute atomic E-state index is 12.6. The van der Waals surface area contributed by atoms with Crippen molar-refractivity contribution in [3.05, 3.63) is 0 Å². The lowest BCUT2D eigenvalue weighted by Crippen LogP contribution is -2.53. The van der Waals surface area contributed by atoms with Crippen molar-refractivity contribution in [1.82, 2.24) is 14.3 Å². The van der Waals surface area contributed by atoms with Crippen molar-refractivity contribution < 1.29 is 8.42 Å². The molecule has 0 radical (unpaired) electrons. The van der Waals surface area contributed by atoms with Crippen LogP contribution in [0.2, 0.25) is 0 Å². The normalized spacial score (nSPS) is 21.0. The fourth-order valence-electron chi connectivity index (χ4n) is 2.82. The van der Waals surface area contributed by atoms with Gasteiger partial charge in [-0.2, -0.15) is 12.7 Å². The Hall–Kier alpha value is -0.170. The minimum Gasteiger partial charge on any atom is -0.315 e. The van der Waals surface area contributed by atoms with Crippen molar-refractivity contribution in [3.8, 4) is 0 Å². The van der Waals surface area contributed by atoms with Crippen LogP contribution in [0.4, 0.5) is 0 Å².